The summed E-state index contributed by atoms with van der Waals surface area (Å²) in [4.78, 5) is 13.5. The average Bonchev–Trinajstić information content (AvgIpc) is 2.77. The van der Waals surface area contributed by atoms with Gasteiger partial charge >= 0.3 is 0 Å². The molecule has 15 heavy (non-hydrogen) atoms. The first-order valence-electron chi connectivity index (χ1n) is 5.43. The van der Waals surface area contributed by atoms with Gasteiger partial charge in [0.15, 0.2) is 6.29 Å². The molecule has 0 amide bonds. The van der Waals surface area contributed by atoms with Crippen LogP contribution in [0, 0.1) is 0 Å². The molecule has 0 atom stereocenters. The summed E-state index contributed by atoms with van der Waals surface area (Å²) in [6.07, 6.45) is 2.58. The van der Waals surface area contributed by atoms with Crippen LogP contribution in [0.25, 0.3) is 10.9 Å². The number of nitrogens with one attached hydrogen (secondary N) is 1. The average molecular weight is 205 g/mol. The molecule has 1 heterocycles. The molecule has 2 rings (SSSR count). The van der Waals surface area contributed by atoms with Gasteiger partial charge < -0.3 is 4.98 Å². The van der Waals surface area contributed by atoms with Crippen molar-refractivity contribution in [3.05, 3.63) is 36.0 Å². The lowest BCUT2D eigenvalue weighted by Crippen LogP contribution is -1.72. The van der Waals surface area contributed by atoms with E-state index in [0.717, 1.165) is 22.8 Å². The topological polar surface area (TPSA) is 32.9 Å². The summed E-state index contributed by atoms with van der Waals surface area (Å²) < 4.78 is 0. The van der Waals surface area contributed by atoms with E-state index in [1.165, 1.54) is 0 Å². The minimum Gasteiger partial charge on any atom is -0.360 e. The van der Waals surface area contributed by atoms with Crippen LogP contribution in [0.1, 0.15) is 38.1 Å². The molecule has 0 fully saturated rings. The number of carbonyl (C=O) groups is 1. The first-order chi connectivity index (χ1) is 7.42. The summed E-state index contributed by atoms with van der Waals surface area (Å²) in [5.74, 6) is 0. The van der Waals surface area contributed by atoms with Crippen LogP contribution in [0.2, 0.25) is 0 Å². The Morgan fingerprint density at radius 1 is 1.07 bits per heavy atom. The standard InChI is InChI=1S/C9H7NO.2C2H6/c11-6-7-5-10-9-4-2-1-3-8(7)9;2*1-2/h1-6,10H;2*1-2H3. The van der Waals surface area contributed by atoms with E-state index < -0.39 is 0 Å². The van der Waals surface area contributed by atoms with Crippen molar-refractivity contribution in [2.45, 2.75) is 27.7 Å². The van der Waals surface area contributed by atoms with Crippen molar-refractivity contribution in [1.29, 1.82) is 0 Å². The lowest BCUT2D eigenvalue weighted by atomic mass is 10.2. The van der Waals surface area contributed by atoms with Gasteiger partial charge in [-0.1, -0.05) is 45.9 Å². The van der Waals surface area contributed by atoms with E-state index >= 15 is 0 Å². The zero-order chi connectivity index (χ0) is 11.7. The van der Waals surface area contributed by atoms with Crippen molar-refractivity contribution in [2.75, 3.05) is 0 Å². The molecule has 0 bridgehead atoms. The second kappa shape index (κ2) is 7.80. The number of carbonyl (C=O) groups excluding carboxylic acids is 1. The fourth-order valence-electron chi connectivity index (χ4n) is 1.19. The molecule has 1 aromatic heterocycles. The maximum atomic E-state index is 10.5. The number of hydrogen-bond donors (Lipinski definition) is 1. The summed E-state index contributed by atoms with van der Waals surface area (Å²) >= 11 is 0. The SMILES string of the molecule is CC.CC.O=Cc1c[nH]c2ccccc12. The van der Waals surface area contributed by atoms with Gasteiger partial charge in [-0.2, -0.15) is 0 Å². The molecule has 2 aromatic rings. The summed E-state index contributed by atoms with van der Waals surface area (Å²) in [5, 5.41) is 0.988. The van der Waals surface area contributed by atoms with Crippen molar-refractivity contribution < 1.29 is 4.79 Å². The Kier molecular flexibility index (Phi) is 6.98. The Morgan fingerprint density at radius 2 is 1.67 bits per heavy atom. The summed E-state index contributed by atoms with van der Waals surface area (Å²) in [6, 6.07) is 7.73. The first-order valence-corrected chi connectivity index (χ1v) is 5.43. The van der Waals surface area contributed by atoms with E-state index in [-0.39, 0.29) is 0 Å². The fraction of sp³-hybridized carbons (Fsp3) is 0.308. The molecule has 0 aliphatic heterocycles. The minimum absolute atomic E-state index is 0.723. The molecule has 82 valence electrons. The lowest BCUT2D eigenvalue weighted by Gasteiger charge is -1.86. The van der Waals surface area contributed by atoms with Crippen LogP contribution in [-0.4, -0.2) is 11.3 Å². The van der Waals surface area contributed by atoms with Gasteiger partial charge in [0.2, 0.25) is 0 Å². The summed E-state index contributed by atoms with van der Waals surface area (Å²) in [5.41, 5.74) is 1.73. The quantitative estimate of drug-likeness (QED) is 0.700. The Bertz CT molecular complexity index is 390. The highest BCUT2D eigenvalue weighted by molar-refractivity contribution is 5.96. The number of hydrogen-bond acceptors (Lipinski definition) is 1. The zero-order valence-electron chi connectivity index (χ0n) is 9.87. The molecule has 0 spiro atoms. The number of H-pyrrole nitrogens is 1. The van der Waals surface area contributed by atoms with Crippen molar-refractivity contribution in [3.63, 3.8) is 0 Å². The van der Waals surface area contributed by atoms with Crippen LogP contribution in [0.5, 0.6) is 0 Å². The zero-order valence-corrected chi connectivity index (χ0v) is 9.87. The van der Waals surface area contributed by atoms with Crippen LogP contribution in [0.15, 0.2) is 30.5 Å². The number of aromatic amines is 1. The highest BCUT2D eigenvalue weighted by Gasteiger charge is 1.98. The monoisotopic (exact) mass is 205 g/mol. The van der Waals surface area contributed by atoms with E-state index in [9.17, 15) is 4.79 Å². The summed E-state index contributed by atoms with van der Waals surface area (Å²) in [6.45, 7) is 8.00. The number of benzene rings is 1. The third-order valence-corrected chi connectivity index (χ3v) is 1.75. The lowest BCUT2D eigenvalue weighted by molar-refractivity contribution is 0.112. The van der Waals surface area contributed by atoms with Crippen LogP contribution in [0.4, 0.5) is 0 Å². The van der Waals surface area contributed by atoms with Crippen molar-refractivity contribution >= 4 is 17.2 Å². The van der Waals surface area contributed by atoms with E-state index in [0.29, 0.717) is 0 Å². The molecule has 0 saturated carbocycles. The van der Waals surface area contributed by atoms with Crippen molar-refractivity contribution in [3.8, 4) is 0 Å². The predicted octanol–water partition coefficient (Wildman–Crippen LogP) is 4.03. The van der Waals surface area contributed by atoms with E-state index in [1.807, 2.05) is 52.0 Å². The third-order valence-electron chi connectivity index (χ3n) is 1.75. The number of aromatic nitrogens is 1. The Labute approximate surface area is 91.3 Å². The Hall–Kier alpha value is -1.57. The van der Waals surface area contributed by atoms with Gasteiger partial charge in [-0.05, 0) is 6.07 Å². The highest BCUT2D eigenvalue weighted by Crippen LogP contribution is 2.14. The first kappa shape index (κ1) is 13.4. The van der Waals surface area contributed by atoms with Crippen LogP contribution >= 0.6 is 0 Å². The molecule has 1 N–H and O–H groups in total. The minimum atomic E-state index is 0.723. The predicted molar refractivity (Wildman–Crippen MR) is 66.4 cm³/mol. The van der Waals surface area contributed by atoms with Gasteiger partial charge in [0.25, 0.3) is 0 Å². The molecule has 0 saturated heterocycles. The summed E-state index contributed by atoms with van der Waals surface area (Å²) in [7, 11) is 0. The van der Waals surface area contributed by atoms with Gasteiger partial charge in [0.05, 0.1) is 0 Å². The Balaban J connectivity index is 0.000000442. The van der Waals surface area contributed by atoms with E-state index in [2.05, 4.69) is 4.98 Å². The van der Waals surface area contributed by atoms with Crippen LogP contribution in [0.3, 0.4) is 0 Å². The number of aldehydes is 1. The molecular weight excluding hydrogens is 186 g/mol. The van der Waals surface area contributed by atoms with Crippen LogP contribution < -0.4 is 0 Å². The van der Waals surface area contributed by atoms with Gasteiger partial charge in [0.1, 0.15) is 0 Å². The maximum absolute atomic E-state index is 10.5. The molecule has 0 unspecified atom stereocenters. The Morgan fingerprint density at radius 3 is 2.27 bits per heavy atom. The molecular formula is C13H19NO. The smallest absolute Gasteiger partial charge is 0.152 e. The highest BCUT2D eigenvalue weighted by atomic mass is 16.1. The van der Waals surface area contributed by atoms with Crippen molar-refractivity contribution in [1.82, 2.24) is 4.98 Å². The second-order valence-electron chi connectivity index (χ2n) is 2.41. The second-order valence-corrected chi connectivity index (χ2v) is 2.41. The number of rotatable bonds is 1. The fourth-order valence-corrected chi connectivity index (χ4v) is 1.19. The number of para-hydroxylation sites is 1. The van der Waals surface area contributed by atoms with Crippen molar-refractivity contribution in [2.24, 2.45) is 0 Å². The molecule has 2 nitrogen and oxygen atoms in total. The van der Waals surface area contributed by atoms with E-state index in [4.69, 9.17) is 0 Å². The molecule has 0 radical (unpaired) electrons. The third kappa shape index (κ3) is 3.24. The van der Waals surface area contributed by atoms with E-state index in [1.54, 1.807) is 6.20 Å². The largest absolute Gasteiger partial charge is 0.360 e. The van der Waals surface area contributed by atoms with Gasteiger partial charge in [-0.3, -0.25) is 4.79 Å². The molecule has 0 aliphatic carbocycles. The van der Waals surface area contributed by atoms with Gasteiger partial charge in [-0.15, -0.1) is 0 Å². The number of fused-ring (bicyclic) bond motifs is 1. The van der Waals surface area contributed by atoms with Gasteiger partial charge in [0, 0.05) is 22.7 Å². The maximum Gasteiger partial charge on any atom is 0.152 e. The molecule has 1 aromatic carbocycles. The van der Waals surface area contributed by atoms with Gasteiger partial charge in [-0.25, -0.2) is 0 Å². The van der Waals surface area contributed by atoms with Crippen LogP contribution in [-0.2, 0) is 0 Å². The normalized spacial score (nSPS) is 8.27. The molecule has 2 heteroatoms. The molecule has 0 aliphatic rings.